The van der Waals surface area contributed by atoms with Gasteiger partial charge >= 0.3 is 0 Å². The largest absolute Gasteiger partial charge is 0.456 e. The summed E-state index contributed by atoms with van der Waals surface area (Å²) in [6, 6.07) is 15.3. The molecule has 1 aliphatic heterocycles. The second-order valence-electron chi connectivity index (χ2n) is 8.03. The Morgan fingerprint density at radius 3 is 2.82 bits per heavy atom. The molecule has 168 valence electrons. The van der Waals surface area contributed by atoms with Crippen LogP contribution in [0, 0.1) is 0 Å². The minimum Gasteiger partial charge on any atom is -0.456 e. The normalized spacial score (nSPS) is 15.8. The highest BCUT2D eigenvalue weighted by molar-refractivity contribution is 7.21. The number of carbonyl (C=O) groups is 2. The standard InChI is InChI=1S/C25H24N4O3S/c1-26-16-9-11-29(14-16)25(31)22-13-20-23(33-22)21(8-10-28-20)32-17-6-7-18-15(12-17)4-3-5-19(18)24(30)27-2/h3-8,10,12-13,16,26H,9,11,14H2,1-2H3,(H,27,30). The molecule has 4 aromatic rings. The number of benzene rings is 2. The van der Waals surface area contributed by atoms with Gasteiger partial charge in [0.05, 0.1) is 15.1 Å². The Morgan fingerprint density at radius 2 is 2.03 bits per heavy atom. The van der Waals surface area contributed by atoms with Gasteiger partial charge in [-0.05, 0) is 54.6 Å². The molecule has 1 saturated heterocycles. The molecular formula is C25H24N4O3S. The zero-order valence-electron chi connectivity index (χ0n) is 18.4. The number of ether oxygens (including phenoxy) is 1. The summed E-state index contributed by atoms with van der Waals surface area (Å²) >= 11 is 1.41. The third-order valence-electron chi connectivity index (χ3n) is 6.02. The summed E-state index contributed by atoms with van der Waals surface area (Å²) < 4.78 is 7.05. The Hall–Kier alpha value is -3.49. The van der Waals surface area contributed by atoms with Gasteiger partial charge in [0, 0.05) is 44.0 Å². The quantitative estimate of drug-likeness (QED) is 0.470. The van der Waals surface area contributed by atoms with E-state index in [4.69, 9.17) is 4.74 Å². The lowest BCUT2D eigenvalue weighted by Gasteiger charge is -2.15. The second kappa shape index (κ2) is 8.80. The maximum atomic E-state index is 13.0. The molecule has 1 unspecified atom stereocenters. The molecule has 2 aromatic carbocycles. The van der Waals surface area contributed by atoms with Crippen molar-refractivity contribution >= 4 is 44.1 Å². The molecule has 7 nitrogen and oxygen atoms in total. The fourth-order valence-electron chi connectivity index (χ4n) is 4.22. The fraction of sp³-hybridized carbons (Fsp3) is 0.240. The number of pyridine rings is 1. The van der Waals surface area contributed by atoms with Crippen LogP contribution < -0.4 is 15.4 Å². The SMILES string of the molecule is CNC(=O)c1cccc2cc(Oc3ccnc4cc(C(=O)N5CCC(NC)C5)sc34)ccc12. The van der Waals surface area contributed by atoms with Crippen LogP contribution in [0.4, 0.5) is 0 Å². The predicted molar refractivity (Wildman–Crippen MR) is 130 cm³/mol. The Balaban J connectivity index is 1.44. The van der Waals surface area contributed by atoms with Crippen molar-refractivity contribution in [2.24, 2.45) is 0 Å². The van der Waals surface area contributed by atoms with Crippen LogP contribution in [0.2, 0.25) is 0 Å². The summed E-state index contributed by atoms with van der Waals surface area (Å²) in [4.78, 5) is 32.2. The van der Waals surface area contributed by atoms with Crippen LogP contribution in [0.5, 0.6) is 11.5 Å². The number of hydrogen-bond acceptors (Lipinski definition) is 6. The van der Waals surface area contributed by atoms with E-state index in [1.165, 1.54) is 11.3 Å². The van der Waals surface area contributed by atoms with Gasteiger partial charge in [0.2, 0.25) is 0 Å². The Kier molecular flexibility index (Phi) is 5.70. The van der Waals surface area contributed by atoms with Gasteiger partial charge in [-0.1, -0.05) is 12.1 Å². The van der Waals surface area contributed by atoms with Crippen molar-refractivity contribution < 1.29 is 14.3 Å². The number of hydrogen-bond donors (Lipinski definition) is 2. The van der Waals surface area contributed by atoms with Gasteiger partial charge in [0.15, 0.2) is 0 Å². The van der Waals surface area contributed by atoms with Crippen LogP contribution in [-0.2, 0) is 0 Å². The molecule has 2 N–H and O–H groups in total. The Morgan fingerprint density at radius 1 is 1.15 bits per heavy atom. The van der Waals surface area contributed by atoms with E-state index in [9.17, 15) is 9.59 Å². The molecule has 0 aliphatic carbocycles. The Bertz CT molecular complexity index is 1370. The van der Waals surface area contributed by atoms with Crippen LogP contribution in [0.15, 0.2) is 54.7 Å². The number of carbonyl (C=O) groups excluding carboxylic acids is 2. The Labute approximate surface area is 195 Å². The summed E-state index contributed by atoms with van der Waals surface area (Å²) in [5.41, 5.74) is 1.37. The molecule has 0 radical (unpaired) electrons. The molecule has 1 aliphatic rings. The predicted octanol–water partition coefficient (Wildman–Crippen LogP) is 4.04. The van der Waals surface area contributed by atoms with Crippen molar-refractivity contribution in [3.8, 4) is 11.5 Å². The van der Waals surface area contributed by atoms with Gasteiger partial charge in [-0.2, -0.15) is 0 Å². The van der Waals surface area contributed by atoms with Crippen molar-refractivity contribution in [2.45, 2.75) is 12.5 Å². The number of aromatic nitrogens is 1. The van der Waals surface area contributed by atoms with Crippen molar-refractivity contribution in [3.63, 3.8) is 0 Å². The summed E-state index contributed by atoms with van der Waals surface area (Å²) in [5.74, 6) is 1.22. The molecule has 1 fully saturated rings. The van der Waals surface area contributed by atoms with E-state index in [2.05, 4.69) is 15.6 Å². The molecule has 33 heavy (non-hydrogen) atoms. The number of thiophene rings is 1. The minimum atomic E-state index is -0.125. The zero-order chi connectivity index (χ0) is 22.9. The molecule has 2 amide bonds. The molecular weight excluding hydrogens is 436 g/mol. The molecule has 5 rings (SSSR count). The smallest absolute Gasteiger partial charge is 0.264 e. The van der Waals surface area contributed by atoms with Gasteiger partial charge in [-0.3, -0.25) is 14.6 Å². The average Bonchev–Trinajstić information content (AvgIpc) is 3.50. The van der Waals surface area contributed by atoms with Crippen LogP contribution in [0.1, 0.15) is 26.5 Å². The zero-order valence-corrected chi connectivity index (χ0v) is 19.2. The fourth-order valence-corrected chi connectivity index (χ4v) is 5.26. The van der Waals surface area contributed by atoms with E-state index in [1.54, 1.807) is 19.3 Å². The lowest BCUT2D eigenvalue weighted by atomic mass is 10.0. The highest BCUT2D eigenvalue weighted by atomic mass is 32.1. The molecule has 0 spiro atoms. The monoisotopic (exact) mass is 460 g/mol. The van der Waals surface area contributed by atoms with E-state index < -0.39 is 0 Å². The number of likely N-dealkylation sites (tertiary alicyclic amines) is 1. The van der Waals surface area contributed by atoms with Crippen LogP contribution in [0.25, 0.3) is 21.0 Å². The molecule has 0 saturated carbocycles. The second-order valence-corrected chi connectivity index (χ2v) is 9.08. The minimum absolute atomic E-state index is 0.0362. The molecule has 2 aromatic heterocycles. The maximum absolute atomic E-state index is 13.0. The van der Waals surface area contributed by atoms with Gasteiger partial charge in [-0.25, -0.2) is 0 Å². The van der Waals surface area contributed by atoms with E-state index in [1.807, 2.05) is 54.4 Å². The number of rotatable bonds is 5. The van der Waals surface area contributed by atoms with Crippen molar-refractivity contribution in [1.29, 1.82) is 0 Å². The summed E-state index contributed by atoms with van der Waals surface area (Å²) in [5, 5.41) is 7.69. The molecule has 1 atom stereocenters. The number of nitrogens with zero attached hydrogens (tertiary/aromatic N) is 2. The average molecular weight is 461 g/mol. The molecule has 3 heterocycles. The molecule has 0 bridgehead atoms. The third kappa shape index (κ3) is 4.03. The highest BCUT2D eigenvalue weighted by Gasteiger charge is 2.27. The first-order valence-corrected chi connectivity index (χ1v) is 11.7. The first-order chi connectivity index (χ1) is 16.1. The lowest BCUT2D eigenvalue weighted by Crippen LogP contribution is -2.33. The van der Waals surface area contributed by atoms with Crippen LogP contribution in [-0.4, -0.2) is 54.9 Å². The van der Waals surface area contributed by atoms with Gasteiger partial charge < -0.3 is 20.3 Å². The van der Waals surface area contributed by atoms with Crippen molar-refractivity contribution in [2.75, 3.05) is 27.2 Å². The third-order valence-corrected chi connectivity index (χ3v) is 7.15. The molecule has 8 heteroatoms. The number of nitrogens with one attached hydrogen (secondary N) is 2. The first kappa shape index (κ1) is 21.4. The van der Waals surface area contributed by atoms with Crippen molar-refractivity contribution in [3.05, 3.63) is 65.2 Å². The van der Waals surface area contributed by atoms with Gasteiger partial charge in [-0.15, -0.1) is 11.3 Å². The number of likely N-dealkylation sites (N-methyl/N-ethyl adjacent to an activating group) is 1. The summed E-state index contributed by atoms with van der Waals surface area (Å²) in [7, 11) is 3.55. The summed E-state index contributed by atoms with van der Waals surface area (Å²) in [6.07, 6.45) is 2.65. The van der Waals surface area contributed by atoms with Crippen LogP contribution in [0.3, 0.4) is 0 Å². The topological polar surface area (TPSA) is 83.6 Å². The summed E-state index contributed by atoms with van der Waals surface area (Å²) in [6.45, 7) is 1.47. The van der Waals surface area contributed by atoms with Gasteiger partial charge in [0.25, 0.3) is 11.8 Å². The van der Waals surface area contributed by atoms with E-state index >= 15 is 0 Å². The number of fused-ring (bicyclic) bond motifs is 2. The van der Waals surface area contributed by atoms with E-state index in [0.29, 0.717) is 28.0 Å². The van der Waals surface area contributed by atoms with E-state index in [0.717, 1.165) is 40.5 Å². The lowest BCUT2D eigenvalue weighted by molar-refractivity contribution is 0.0794. The maximum Gasteiger partial charge on any atom is 0.264 e. The number of amides is 2. The first-order valence-electron chi connectivity index (χ1n) is 10.8. The van der Waals surface area contributed by atoms with Crippen LogP contribution >= 0.6 is 11.3 Å². The van der Waals surface area contributed by atoms with Gasteiger partial charge in [0.1, 0.15) is 11.5 Å². The van der Waals surface area contributed by atoms with E-state index in [-0.39, 0.29) is 11.8 Å². The van der Waals surface area contributed by atoms with Crippen molar-refractivity contribution in [1.82, 2.24) is 20.5 Å². The highest BCUT2D eigenvalue weighted by Crippen LogP contribution is 2.36.